The summed E-state index contributed by atoms with van der Waals surface area (Å²) in [5.74, 6) is -0.325. The first-order valence-electron chi connectivity index (χ1n) is 7.36. The number of hydrogen-bond acceptors (Lipinski definition) is 4. The molecule has 0 radical (unpaired) electrons. The Morgan fingerprint density at radius 3 is 2.33 bits per heavy atom. The molecule has 1 heterocycles. The standard InChI is InChI=1S/C18H15N3O2S/c22-17-11-10-16(20-21-17)18(23)19-12-13-6-8-15(9-7-13)24-14-4-2-1-3-5-14/h1-11H,12H2,(H,19,23)(H,21,22). The van der Waals surface area contributed by atoms with Crippen molar-refractivity contribution in [2.75, 3.05) is 0 Å². The molecular weight excluding hydrogens is 322 g/mol. The van der Waals surface area contributed by atoms with Crippen LogP contribution in [0.2, 0.25) is 0 Å². The second-order valence-corrected chi connectivity index (χ2v) is 6.20. The third-order valence-electron chi connectivity index (χ3n) is 3.27. The van der Waals surface area contributed by atoms with Crippen LogP contribution in [0.5, 0.6) is 0 Å². The molecule has 2 N–H and O–H groups in total. The van der Waals surface area contributed by atoms with Crippen LogP contribution >= 0.6 is 11.8 Å². The number of nitrogens with zero attached hydrogens (tertiary/aromatic N) is 1. The Balaban J connectivity index is 1.57. The van der Waals surface area contributed by atoms with Crippen LogP contribution in [0.25, 0.3) is 0 Å². The Kier molecular flexibility index (Phi) is 5.08. The van der Waals surface area contributed by atoms with E-state index < -0.39 is 0 Å². The van der Waals surface area contributed by atoms with Crippen LogP contribution < -0.4 is 10.9 Å². The van der Waals surface area contributed by atoms with Gasteiger partial charge in [0, 0.05) is 22.4 Å². The highest BCUT2D eigenvalue weighted by atomic mass is 32.2. The number of carbonyl (C=O) groups excluding carboxylic acids is 1. The molecule has 0 atom stereocenters. The summed E-state index contributed by atoms with van der Waals surface area (Å²) in [5, 5.41) is 8.71. The molecule has 1 amide bonds. The summed E-state index contributed by atoms with van der Waals surface area (Å²) in [6.45, 7) is 0.399. The summed E-state index contributed by atoms with van der Waals surface area (Å²) >= 11 is 1.69. The van der Waals surface area contributed by atoms with Gasteiger partial charge in [-0.1, -0.05) is 42.1 Å². The molecule has 0 aliphatic carbocycles. The van der Waals surface area contributed by atoms with Gasteiger partial charge in [0.25, 0.3) is 11.5 Å². The van der Waals surface area contributed by atoms with Gasteiger partial charge in [-0.2, -0.15) is 5.10 Å². The molecule has 0 saturated carbocycles. The van der Waals surface area contributed by atoms with Gasteiger partial charge in [0.05, 0.1) is 0 Å². The molecule has 0 unspecified atom stereocenters. The maximum Gasteiger partial charge on any atom is 0.271 e. The Hall–Kier alpha value is -2.86. The number of rotatable bonds is 5. The number of aromatic amines is 1. The molecule has 0 aliphatic rings. The minimum absolute atomic E-state index is 0.186. The van der Waals surface area contributed by atoms with Gasteiger partial charge in [-0.15, -0.1) is 0 Å². The first-order valence-corrected chi connectivity index (χ1v) is 8.18. The number of carbonyl (C=O) groups is 1. The summed E-state index contributed by atoms with van der Waals surface area (Å²) in [4.78, 5) is 25.2. The van der Waals surface area contributed by atoms with E-state index in [1.165, 1.54) is 17.0 Å². The fraction of sp³-hybridized carbons (Fsp3) is 0.0556. The Morgan fingerprint density at radius 1 is 0.958 bits per heavy atom. The van der Waals surface area contributed by atoms with Gasteiger partial charge in [0.2, 0.25) is 0 Å². The van der Waals surface area contributed by atoms with Gasteiger partial charge in [-0.05, 0) is 35.9 Å². The molecule has 1 aromatic heterocycles. The highest BCUT2D eigenvalue weighted by molar-refractivity contribution is 7.99. The summed E-state index contributed by atoms with van der Waals surface area (Å²) in [5.41, 5.74) is 0.842. The van der Waals surface area contributed by atoms with E-state index in [1.54, 1.807) is 11.8 Å². The fourth-order valence-corrected chi connectivity index (χ4v) is 2.88. The van der Waals surface area contributed by atoms with Gasteiger partial charge in [0.15, 0.2) is 0 Å². The maximum atomic E-state index is 11.9. The summed E-state index contributed by atoms with van der Waals surface area (Å²) in [7, 11) is 0. The molecule has 24 heavy (non-hydrogen) atoms. The zero-order valence-corrected chi connectivity index (χ0v) is 13.5. The molecule has 3 aromatic rings. The summed E-state index contributed by atoms with van der Waals surface area (Å²) < 4.78 is 0. The minimum atomic E-state index is -0.335. The van der Waals surface area contributed by atoms with Crippen LogP contribution in [-0.2, 0) is 6.54 Å². The Labute approximate surface area is 143 Å². The van der Waals surface area contributed by atoms with Crippen LogP contribution in [0.4, 0.5) is 0 Å². The smallest absolute Gasteiger partial charge is 0.271 e. The van der Waals surface area contributed by atoms with E-state index in [4.69, 9.17) is 0 Å². The molecule has 0 saturated heterocycles. The van der Waals surface area contributed by atoms with Crippen molar-refractivity contribution < 1.29 is 4.79 Å². The lowest BCUT2D eigenvalue weighted by Crippen LogP contribution is -2.25. The summed E-state index contributed by atoms with van der Waals surface area (Å²) in [6.07, 6.45) is 0. The molecule has 120 valence electrons. The molecule has 0 spiro atoms. The Bertz CT molecular complexity index is 856. The zero-order valence-electron chi connectivity index (χ0n) is 12.7. The number of hydrogen-bond donors (Lipinski definition) is 2. The van der Waals surface area contributed by atoms with Crippen LogP contribution in [-0.4, -0.2) is 16.1 Å². The number of aromatic nitrogens is 2. The van der Waals surface area contributed by atoms with Crippen LogP contribution in [0.15, 0.2) is 81.3 Å². The van der Waals surface area contributed by atoms with E-state index in [2.05, 4.69) is 27.6 Å². The van der Waals surface area contributed by atoms with E-state index in [-0.39, 0.29) is 17.2 Å². The quantitative estimate of drug-likeness (QED) is 0.751. The van der Waals surface area contributed by atoms with E-state index in [0.717, 1.165) is 10.5 Å². The van der Waals surface area contributed by atoms with Gasteiger partial charge in [-0.25, -0.2) is 5.10 Å². The largest absolute Gasteiger partial charge is 0.347 e. The zero-order chi connectivity index (χ0) is 16.8. The number of H-pyrrole nitrogens is 1. The Morgan fingerprint density at radius 2 is 1.67 bits per heavy atom. The second-order valence-electron chi connectivity index (χ2n) is 5.05. The predicted molar refractivity (Wildman–Crippen MR) is 93.0 cm³/mol. The molecular formula is C18H15N3O2S. The van der Waals surface area contributed by atoms with Crippen molar-refractivity contribution in [3.63, 3.8) is 0 Å². The molecule has 0 bridgehead atoms. The van der Waals surface area contributed by atoms with Crippen molar-refractivity contribution in [3.8, 4) is 0 Å². The van der Waals surface area contributed by atoms with Crippen molar-refractivity contribution >= 4 is 17.7 Å². The SMILES string of the molecule is O=C(NCc1ccc(Sc2ccccc2)cc1)c1ccc(=O)[nH]n1. The van der Waals surface area contributed by atoms with Crippen molar-refractivity contribution in [2.45, 2.75) is 16.3 Å². The predicted octanol–water partition coefficient (Wildman–Crippen LogP) is 2.85. The van der Waals surface area contributed by atoms with Gasteiger partial charge >= 0.3 is 0 Å². The molecule has 2 aromatic carbocycles. The monoisotopic (exact) mass is 337 g/mol. The van der Waals surface area contributed by atoms with Crippen molar-refractivity contribution in [2.24, 2.45) is 0 Å². The van der Waals surface area contributed by atoms with E-state index in [0.29, 0.717) is 6.54 Å². The average molecular weight is 337 g/mol. The molecule has 0 fully saturated rings. The van der Waals surface area contributed by atoms with Crippen LogP contribution in [0.1, 0.15) is 16.1 Å². The molecule has 3 rings (SSSR count). The normalized spacial score (nSPS) is 10.3. The lowest BCUT2D eigenvalue weighted by Gasteiger charge is -2.06. The van der Waals surface area contributed by atoms with E-state index in [9.17, 15) is 9.59 Å². The third kappa shape index (κ3) is 4.33. The van der Waals surface area contributed by atoms with Crippen LogP contribution in [0.3, 0.4) is 0 Å². The lowest BCUT2D eigenvalue weighted by molar-refractivity contribution is 0.0945. The minimum Gasteiger partial charge on any atom is -0.347 e. The first kappa shape index (κ1) is 16.0. The molecule has 0 aliphatic heterocycles. The maximum absolute atomic E-state index is 11.9. The second kappa shape index (κ2) is 7.61. The third-order valence-corrected chi connectivity index (χ3v) is 4.28. The fourth-order valence-electron chi connectivity index (χ4n) is 2.04. The number of amides is 1. The van der Waals surface area contributed by atoms with Crippen LogP contribution in [0, 0.1) is 0 Å². The van der Waals surface area contributed by atoms with Crippen molar-refractivity contribution in [1.82, 2.24) is 15.5 Å². The highest BCUT2D eigenvalue weighted by Gasteiger charge is 2.06. The number of nitrogens with one attached hydrogen (secondary N) is 2. The van der Waals surface area contributed by atoms with Gasteiger partial charge in [-0.3, -0.25) is 9.59 Å². The molecule has 5 nitrogen and oxygen atoms in total. The average Bonchev–Trinajstić information content (AvgIpc) is 2.62. The van der Waals surface area contributed by atoms with Crippen molar-refractivity contribution in [3.05, 3.63) is 88.3 Å². The topological polar surface area (TPSA) is 74.8 Å². The number of benzene rings is 2. The lowest BCUT2D eigenvalue weighted by atomic mass is 10.2. The van der Waals surface area contributed by atoms with Gasteiger partial charge in [0.1, 0.15) is 5.69 Å². The summed E-state index contributed by atoms with van der Waals surface area (Å²) in [6, 6.07) is 20.8. The van der Waals surface area contributed by atoms with Crippen molar-refractivity contribution in [1.29, 1.82) is 0 Å². The van der Waals surface area contributed by atoms with E-state index >= 15 is 0 Å². The highest BCUT2D eigenvalue weighted by Crippen LogP contribution is 2.27. The van der Waals surface area contributed by atoms with E-state index in [1.807, 2.05) is 42.5 Å². The van der Waals surface area contributed by atoms with Gasteiger partial charge < -0.3 is 5.32 Å². The molecule has 6 heteroatoms. The first-order chi connectivity index (χ1) is 11.7.